The van der Waals surface area contributed by atoms with E-state index in [0.29, 0.717) is 39.0 Å². The molecule has 0 unspecified atom stereocenters. The predicted molar refractivity (Wildman–Crippen MR) is 194 cm³/mol. The molecule has 7 aromatic rings. The van der Waals surface area contributed by atoms with Gasteiger partial charge in [-0.05, 0) is 145 Å². The highest BCUT2D eigenvalue weighted by Crippen LogP contribution is 2.50. The number of rotatable bonds is 2. The Morgan fingerprint density at radius 2 is 0.708 bits per heavy atom. The SMILES string of the molecule is Cc1ccc(N2C(=N)c3cc(C)c4c5c(C)cc6c7c(cc(C)c(c8c(C)cc(c3c48)C2=O)c75)C(=O)N(c2ccc(C)cc2)C6=O)cc1. The van der Waals surface area contributed by atoms with Gasteiger partial charge < -0.3 is 0 Å². The number of benzene rings is 7. The largest absolute Gasteiger partial charge is 0.283 e. The predicted octanol–water partition coefficient (Wildman–Crippen LogP) is 9.37. The second-order valence-electron chi connectivity index (χ2n) is 13.6. The van der Waals surface area contributed by atoms with Crippen LogP contribution >= 0.6 is 0 Å². The van der Waals surface area contributed by atoms with Crippen LogP contribution in [0.25, 0.3) is 43.1 Å². The second kappa shape index (κ2) is 9.35. The molecule has 2 aliphatic rings. The molecule has 0 atom stereocenters. The fourth-order valence-corrected chi connectivity index (χ4v) is 8.34. The van der Waals surface area contributed by atoms with Gasteiger partial charge in [0, 0.05) is 33.0 Å². The normalized spacial score (nSPS) is 14.5. The molecule has 9 rings (SSSR count). The average Bonchev–Trinajstić information content (AvgIpc) is 3.05. The number of imide groups is 1. The molecule has 0 aromatic heterocycles. The molecule has 48 heavy (non-hydrogen) atoms. The number of amides is 3. The monoisotopic (exact) mass is 625 g/mol. The zero-order chi connectivity index (χ0) is 33.5. The summed E-state index contributed by atoms with van der Waals surface area (Å²) >= 11 is 0. The third-order valence-corrected chi connectivity index (χ3v) is 10.5. The van der Waals surface area contributed by atoms with Gasteiger partial charge in [0.15, 0.2) is 0 Å². The van der Waals surface area contributed by atoms with Crippen LogP contribution in [0.15, 0.2) is 72.8 Å². The molecule has 6 heteroatoms. The lowest BCUT2D eigenvalue weighted by molar-refractivity contribution is 0.0892. The molecule has 7 aromatic carbocycles. The quantitative estimate of drug-likeness (QED) is 0.118. The number of nitrogens with zero attached hydrogens (tertiary/aromatic N) is 2. The summed E-state index contributed by atoms with van der Waals surface area (Å²) in [5, 5.41) is 16.6. The Morgan fingerprint density at radius 1 is 0.396 bits per heavy atom. The maximum Gasteiger partial charge on any atom is 0.265 e. The molecular formula is C42H31N3O3. The molecule has 0 radical (unpaired) electrons. The molecule has 0 saturated heterocycles. The third kappa shape index (κ3) is 3.41. The fraction of sp³-hybridized carbons (Fsp3) is 0.143. The van der Waals surface area contributed by atoms with Crippen molar-refractivity contribution in [2.75, 3.05) is 9.80 Å². The molecule has 3 amide bonds. The minimum absolute atomic E-state index is 0.151. The topological polar surface area (TPSA) is 81.5 Å². The molecular weight excluding hydrogens is 594 g/mol. The molecule has 232 valence electrons. The van der Waals surface area contributed by atoms with Crippen molar-refractivity contribution in [3.63, 3.8) is 0 Å². The van der Waals surface area contributed by atoms with Gasteiger partial charge in [-0.3, -0.25) is 24.7 Å². The van der Waals surface area contributed by atoms with Crippen molar-refractivity contribution in [1.82, 2.24) is 0 Å². The summed E-state index contributed by atoms with van der Waals surface area (Å²) < 4.78 is 0. The number of anilines is 2. The van der Waals surface area contributed by atoms with E-state index in [9.17, 15) is 19.8 Å². The fourth-order valence-electron chi connectivity index (χ4n) is 8.34. The van der Waals surface area contributed by atoms with Gasteiger partial charge in [-0.25, -0.2) is 4.90 Å². The Kier molecular flexibility index (Phi) is 5.52. The number of carbonyl (C=O) groups is 3. The van der Waals surface area contributed by atoms with Gasteiger partial charge in [0.25, 0.3) is 17.7 Å². The van der Waals surface area contributed by atoms with Crippen LogP contribution in [0.4, 0.5) is 11.4 Å². The summed E-state index contributed by atoms with van der Waals surface area (Å²) in [5.74, 6) is -0.739. The van der Waals surface area contributed by atoms with Crippen molar-refractivity contribution < 1.29 is 14.4 Å². The summed E-state index contributed by atoms with van der Waals surface area (Å²) in [6.07, 6.45) is 0. The van der Waals surface area contributed by atoms with Crippen LogP contribution in [0.2, 0.25) is 0 Å². The zero-order valence-corrected chi connectivity index (χ0v) is 27.5. The highest BCUT2D eigenvalue weighted by molar-refractivity contribution is 6.46. The van der Waals surface area contributed by atoms with Crippen molar-refractivity contribution in [1.29, 1.82) is 5.41 Å². The van der Waals surface area contributed by atoms with E-state index in [1.54, 1.807) is 0 Å². The van der Waals surface area contributed by atoms with E-state index in [4.69, 9.17) is 0 Å². The standard InChI is InChI=1S/C42H31N3O3/c1-19-7-11-25(12-8-19)44-39(43)27-15-21(3)31-33-23(5)17-29-36-30(42(48)45(41(29)47)26-13-9-20(2)10-14-26)18-24(6)34(38(33)36)32-22(4)16-28(40(44)46)35(27)37(31)32/h7-18,43H,1-6H3. The maximum atomic E-state index is 14.3. The number of nitrogens with one attached hydrogen (secondary N) is 1. The number of carbonyl (C=O) groups excluding carboxylic acids is 3. The second-order valence-corrected chi connectivity index (χ2v) is 13.6. The van der Waals surface area contributed by atoms with E-state index in [1.807, 2.05) is 107 Å². The molecule has 0 saturated carbocycles. The van der Waals surface area contributed by atoms with Crippen molar-refractivity contribution in [3.05, 3.63) is 128 Å². The van der Waals surface area contributed by atoms with Crippen molar-refractivity contribution >= 4 is 78.0 Å². The highest BCUT2D eigenvalue weighted by atomic mass is 16.2. The van der Waals surface area contributed by atoms with Crippen molar-refractivity contribution in [2.24, 2.45) is 0 Å². The molecule has 0 spiro atoms. The van der Waals surface area contributed by atoms with Gasteiger partial charge in [-0.1, -0.05) is 35.4 Å². The Balaban J connectivity index is 1.41. The number of hydrogen-bond acceptors (Lipinski definition) is 4. The first-order chi connectivity index (χ1) is 23.0. The van der Waals surface area contributed by atoms with Gasteiger partial charge >= 0.3 is 0 Å². The van der Waals surface area contributed by atoms with Crippen LogP contribution in [0.5, 0.6) is 0 Å². The van der Waals surface area contributed by atoms with Gasteiger partial charge in [-0.15, -0.1) is 0 Å². The van der Waals surface area contributed by atoms with E-state index >= 15 is 0 Å². The number of aryl methyl sites for hydroxylation is 6. The third-order valence-electron chi connectivity index (χ3n) is 10.5. The van der Waals surface area contributed by atoms with E-state index in [2.05, 4.69) is 6.92 Å². The number of amidine groups is 1. The summed E-state index contributed by atoms with van der Waals surface area (Å²) in [7, 11) is 0. The van der Waals surface area contributed by atoms with E-state index in [0.717, 1.165) is 71.1 Å². The number of hydrogen-bond donors (Lipinski definition) is 1. The van der Waals surface area contributed by atoms with Crippen molar-refractivity contribution in [2.45, 2.75) is 41.5 Å². The molecule has 0 bridgehead atoms. The smallest absolute Gasteiger partial charge is 0.265 e. The number of fused-ring (bicyclic) bond motifs is 2. The van der Waals surface area contributed by atoms with E-state index in [1.165, 1.54) is 9.80 Å². The molecule has 0 aliphatic carbocycles. The average molecular weight is 626 g/mol. The molecule has 6 nitrogen and oxygen atoms in total. The van der Waals surface area contributed by atoms with Crippen molar-refractivity contribution in [3.8, 4) is 0 Å². The summed E-state index contributed by atoms with van der Waals surface area (Å²) in [5.41, 5.74) is 9.40. The Morgan fingerprint density at radius 3 is 1.10 bits per heavy atom. The summed E-state index contributed by atoms with van der Waals surface area (Å²) in [6, 6.07) is 23.0. The minimum Gasteiger partial charge on any atom is -0.283 e. The van der Waals surface area contributed by atoms with Crippen LogP contribution in [-0.4, -0.2) is 23.6 Å². The Bertz CT molecular complexity index is 2370. The lowest BCUT2D eigenvalue weighted by Gasteiger charge is -2.33. The van der Waals surface area contributed by atoms with Crippen LogP contribution in [0.1, 0.15) is 70.0 Å². The first-order valence-corrected chi connectivity index (χ1v) is 16.2. The van der Waals surface area contributed by atoms with E-state index in [-0.39, 0.29) is 23.6 Å². The van der Waals surface area contributed by atoms with Gasteiger partial charge in [-0.2, -0.15) is 0 Å². The summed E-state index contributed by atoms with van der Waals surface area (Å²) in [4.78, 5) is 45.6. The van der Waals surface area contributed by atoms with E-state index < -0.39 is 0 Å². The molecule has 2 aliphatic heterocycles. The molecule has 1 N–H and O–H groups in total. The highest BCUT2D eigenvalue weighted by Gasteiger charge is 2.38. The van der Waals surface area contributed by atoms with Gasteiger partial charge in [0.1, 0.15) is 5.84 Å². The lowest BCUT2D eigenvalue weighted by atomic mass is 9.77. The maximum absolute atomic E-state index is 14.3. The molecule has 2 heterocycles. The summed E-state index contributed by atoms with van der Waals surface area (Å²) in [6.45, 7) is 12.1. The van der Waals surface area contributed by atoms with Crippen LogP contribution in [0, 0.1) is 47.0 Å². The van der Waals surface area contributed by atoms with Gasteiger partial charge in [0.2, 0.25) is 0 Å². The minimum atomic E-state index is -0.333. The van der Waals surface area contributed by atoms with Gasteiger partial charge in [0.05, 0.1) is 11.4 Å². The Hall–Kier alpha value is -5.88. The first-order valence-electron chi connectivity index (χ1n) is 16.2. The molecule has 0 fully saturated rings. The first kappa shape index (κ1) is 28.4. The van der Waals surface area contributed by atoms with Crippen LogP contribution < -0.4 is 9.80 Å². The zero-order valence-electron chi connectivity index (χ0n) is 27.5. The van der Waals surface area contributed by atoms with Crippen LogP contribution in [-0.2, 0) is 0 Å². The Labute approximate surface area is 277 Å². The van der Waals surface area contributed by atoms with Crippen LogP contribution in [0.3, 0.4) is 0 Å². The lowest BCUT2D eigenvalue weighted by Crippen LogP contribution is -2.41.